The second kappa shape index (κ2) is 6.23. The molecule has 0 aliphatic heterocycles. The second-order valence-corrected chi connectivity index (χ2v) is 7.30. The minimum atomic E-state index is 0.195. The maximum absolute atomic E-state index is 10.6. The SMILES string of the molecule is Cn1cc(-c2ccc(-c3cc4ccn(C5CCCC5)c4nn3)c(O)c2)cn1. The Morgan fingerprint density at radius 3 is 2.63 bits per heavy atom. The van der Waals surface area contributed by atoms with Crippen LogP contribution in [0.3, 0.4) is 0 Å². The molecule has 0 unspecified atom stereocenters. The summed E-state index contributed by atoms with van der Waals surface area (Å²) in [6.45, 7) is 0. The van der Waals surface area contributed by atoms with Crippen LogP contribution >= 0.6 is 0 Å². The standard InChI is InChI=1S/C21H21N5O/c1-25-13-16(12-22-25)14-6-7-18(20(27)11-14)19-10-15-8-9-26(21(15)24-23-19)17-4-2-3-5-17/h6-13,17,27H,2-5H2,1H3. The third-order valence-corrected chi connectivity index (χ3v) is 5.49. The molecule has 0 saturated heterocycles. The zero-order chi connectivity index (χ0) is 18.4. The van der Waals surface area contributed by atoms with Crippen molar-refractivity contribution in [2.75, 3.05) is 0 Å². The molecule has 3 heterocycles. The number of hydrogen-bond acceptors (Lipinski definition) is 4. The Bertz CT molecular complexity index is 1120. The van der Waals surface area contributed by atoms with Crippen molar-refractivity contribution < 1.29 is 5.11 Å². The summed E-state index contributed by atoms with van der Waals surface area (Å²) >= 11 is 0. The van der Waals surface area contributed by atoms with Crippen molar-refractivity contribution in [2.45, 2.75) is 31.7 Å². The van der Waals surface area contributed by atoms with E-state index in [-0.39, 0.29) is 5.75 Å². The number of benzene rings is 1. The lowest BCUT2D eigenvalue weighted by atomic mass is 10.0. The summed E-state index contributed by atoms with van der Waals surface area (Å²) < 4.78 is 4.00. The second-order valence-electron chi connectivity index (χ2n) is 7.30. The number of aryl methyl sites for hydroxylation is 1. The van der Waals surface area contributed by atoms with E-state index < -0.39 is 0 Å². The first-order chi connectivity index (χ1) is 13.2. The molecule has 27 heavy (non-hydrogen) atoms. The van der Waals surface area contributed by atoms with E-state index in [4.69, 9.17) is 0 Å². The number of fused-ring (bicyclic) bond motifs is 1. The van der Waals surface area contributed by atoms with Crippen LogP contribution < -0.4 is 0 Å². The Labute approximate surface area is 157 Å². The molecule has 1 saturated carbocycles. The predicted octanol–water partition coefficient (Wildman–Crippen LogP) is 4.32. The van der Waals surface area contributed by atoms with Gasteiger partial charge in [0, 0.05) is 42.0 Å². The average molecular weight is 359 g/mol. The summed E-state index contributed by atoms with van der Waals surface area (Å²) in [5, 5.41) is 24.7. The number of hydrogen-bond donors (Lipinski definition) is 1. The van der Waals surface area contributed by atoms with Crippen LogP contribution in [-0.4, -0.2) is 29.7 Å². The van der Waals surface area contributed by atoms with Crippen LogP contribution in [0.25, 0.3) is 33.4 Å². The number of aromatic hydroxyl groups is 1. The van der Waals surface area contributed by atoms with E-state index in [1.165, 1.54) is 25.7 Å². The molecule has 1 aliphatic carbocycles. The highest BCUT2D eigenvalue weighted by Gasteiger charge is 2.19. The number of nitrogens with zero attached hydrogens (tertiary/aromatic N) is 5. The first kappa shape index (κ1) is 16.1. The van der Waals surface area contributed by atoms with Gasteiger partial charge in [-0.25, -0.2) is 0 Å². The van der Waals surface area contributed by atoms with E-state index in [0.29, 0.717) is 17.3 Å². The van der Waals surface area contributed by atoms with Gasteiger partial charge in [-0.15, -0.1) is 10.2 Å². The van der Waals surface area contributed by atoms with Gasteiger partial charge in [-0.3, -0.25) is 4.68 Å². The summed E-state index contributed by atoms with van der Waals surface area (Å²) in [7, 11) is 1.88. The highest BCUT2D eigenvalue weighted by molar-refractivity contribution is 5.82. The molecule has 1 N–H and O–H groups in total. The molecule has 0 spiro atoms. The lowest BCUT2D eigenvalue weighted by Crippen LogP contribution is -2.04. The molecule has 0 radical (unpaired) electrons. The van der Waals surface area contributed by atoms with E-state index >= 15 is 0 Å². The van der Waals surface area contributed by atoms with Gasteiger partial charge in [0.2, 0.25) is 0 Å². The van der Waals surface area contributed by atoms with Crippen molar-refractivity contribution in [1.29, 1.82) is 0 Å². The van der Waals surface area contributed by atoms with Gasteiger partial charge in [-0.2, -0.15) is 5.10 Å². The maximum Gasteiger partial charge on any atom is 0.162 e. The normalized spacial score (nSPS) is 15.0. The van der Waals surface area contributed by atoms with Gasteiger partial charge in [0.25, 0.3) is 0 Å². The topological polar surface area (TPSA) is 68.8 Å². The number of aromatic nitrogens is 5. The van der Waals surface area contributed by atoms with E-state index in [2.05, 4.69) is 32.1 Å². The van der Waals surface area contributed by atoms with Gasteiger partial charge in [0.05, 0.1) is 11.9 Å². The van der Waals surface area contributed by atoms with Crippen molar-refractivity contribution >= 4 is 11.0 Å². The Hall–Kier alpha value is -3.15. The molecule has 6 nitrogen and oxygen atoms in total. The van der Waals surface area contributed by atoms with Gasteiger partial charge in [-0.1, -0.05) is 18.9 Å². The highest BCUT2D eigenvalue weighted by Crippen LogP contribution is 2.35. The average Bonchev–Trinajstić information content (AvgIpc) is 3.41. The molecule has 0 bridgehead atoms. The summed E-state index contributed by atoms with van der Waals surface area (Å²) in [6, 6.07) is 10.2. The van der Waals surface area contributed by atoms with Gasteiger partial charge >= 0.3 is 0 Å². The molecular weight excluding hydrogens is 338 g/mol. The molecule has 1 aliphatic rings. The molecule has 3 aromatic heterocycles. The monoisotopic (exact) mass is 359 g/mol. The van der Waals surface area contributed by atoms with Gasteiger partial charge in [-0.05, 0) is 42.7 Å². The Morgan fingerprint density at radius 1 is 1.04 bits per heavy atom. The predicted molar refractivity (Wildman–Crippen MR) is 104 cm³/mol. The lowest BCUT2D eigenvalue weighted by molar-refractivity contribution is 0.477. The van der Waals surface area contributed by atoms with Gasteiger partial charge < -0.3 is 9.67 Å². The molecule has 5 rings (SSSR count). The third kappa shape index (κ3) is 2.77. The van der Waals surface area contributed by atoms with Crippen LogP contribution in [0.2, 0.25) is 0 Å². The van der Waals surface area contributed by atoms with Gasteiger partial charge in [0.1, 0.15) is 5.75 Å². The highest BCUT2D eigenvalue weighted by atomic mass is 16.3. The van der Waals surface area contributed by atoms with Crippen LogP contribution in [0.4, 0.5) is 0 Å². The molecule has 1 fully saturated rings. The zero-order valence-electron chi connectivity index (χ0n) is 15.2. The Morgan fingerprint density at radius 2 is 1.89 bits per heavy atom. The van der Waals surface area contributed by atoms with Crippen LogP contribution in [-0.2, 0) is 7.05 Å². The molecule has 6 heteroatoms. The molecule has 4 aromatic rings. The van der Waals surface area contributed by atoms with Crippen LogP contribution in [0.5, 0.6) is 5.75 Å². The maximum atomic E-state index is 10.6. The number of rotatable bonds is 3. The summed E-state index contributed by atoms with van der Waals surface area (Å²) in [5.41, 5.74) is 4.19. The van der Waals surface area contributed by atoms with E-state index in [1.54, 1.807) is 16.9 Å². The summed E-state index contributed by atoms with van der Waals surface area (Å²) in [4.78, 5) is 0. The van der Waals surface area contributed by atoms with Crippen molar-refractivity contribution in [1.82, 2.24) is 24.5 Å². The van der Waals surface area contributed by atoms with Crippen molar-refractivity contribution in [3.8, 4) is 28.1 Å². The van der Waals surface area contributed by atoms with Crippen LogP contribution in [0.15, 0.2) is 48.9 Å². The van der Waals surface area contributed by atoms with E-state index in [9.17, 15) is 5.11 Å². The molecule has 0 amide bonds. The molecule has 0 atom stereocenters. The van der Waals surface area contributed by atoms with Crippen LogP contribution in [0.1, 0.15) is 31.7 Å². The summed E-state index contributed by atoms with van der Waals surface area (Å²) in [5.74, 6) is 0.195. The zero-order valence-corrected chi connectivity index (χ0v) is 15.2. The fourth-order valence-electron chi connectivity index (χ4n) is 4.06. The van der Waals surface area contributed by atoms with Gasteiger partial charge in [0.15, 0.2) is 5.65 Å². The fourth-order valence-corrected chi connectivity index (χ4v) is 4.06. The van der Waals surface area contributed by atoms with E-state index in [0.717, 1.165) is 22.2 Å². The largest absolute Gasteiger partial charge is 0.507 e. The minimum absolute atomic E-state index is 0.195. The van der Waals surface area contributed by atoms with Crippen LogP contribution in [0, 0.1) is 0 Å². The fraction of sp³-hybridized carbons (Fsp3) is 0.286. The van der Waals surface area contributed by atoms with Crippen molar-refractivity contribution in [3.05, 3.63) is 48.9 Å². The number of phenols is 1. The quantitative estimate of drug-likeness (QED) is 0.591. The third-order valence-electron chi connectivity index (χ3n) is 5.49. The Kier molecular flexibility index (Phi) is 3.70. The molecular formula is C21H21N5O. The van der Waals surface area contributed by atoms with Crippen molar-refractivity contribution in [2.24, 2.45) is 7.05 Å². The minimum Gasteiger partial charge on any atom is -0.507 e. The van der Waals surface area contributed by atoms with Crippen molar-refractivity contribution in [3.63, 3.8) is 0 Å². The number of phenolic OH excluding ortho intramolecular Hbond substituents is 1. The molecule has 136 valence electrons. The first-order valence-corrected chi connectivity index (χ1v) is 9.36. The molecule has 1 aromatic carbocycles. The Balaban J connectivity index is 1.51. The first-order valence-electron chi connectivity index (χ1n) is 9.36. The smallest absolute Gasteiger partial charge is 0.162 e. The summed E-state index contributed by atoms with van der Waals surface area (Å²) in [6.07, 6.45) is 10.8. The lowest BCUT2D eigenvalue weighted by Gasteiger charge is -2.12. The van der Waals surface area contributed by atoms with E-state index in [1.807, 2.05) is 31.4 Å².